The molecule has 0 unspecified atom stereocenters. The molecule has 4 rings (SSSR count). The van der Waals surface area contributed by atoms with Crippen molar-refractivity contribution in [1.82, 2.24) is 0 Å². The number of phenolic OH excluding ortho intramolecular Hbond substituents is 1. The van der Waals surface area contributed by atoms with Crippen LogP contribution in [0.1, 0.15) is 0 Å². The Labute approximate surface area is 150 Å². The molecule has 0 radical (unpaired) electrons. The predicted molar refractivity (Wildman–Crippen MR) is 104 cm³/mol. The van der Waals surface area contributed by atoms with E-state index in [1.54, 1.807) is 0 Å². The molecule has 0 aliphatic rings. The van der Waals surface area contributed by atoms with Crippen molar-refractivity contribution in [1.29, 1.82) is 0 Å². The van der Waals surface area contributed by atoms with E-state index in [2.05, 4.69) is 62.2 Å². The molecule has 0 heterocycles. The molecule has 0 atom stereocenters. The van der Waals surface area contributed by atoms with Crippen molar-refractivity contribution in [2.24, 2.45) is 0 Å². The number of phenols is 1. The van der Waals surface area contributed by atoms with Crippen LogP contribution in [0, 0.1) is 0 Å². The van der Waals surface area contributed by atoms with Crippen LogP contribution in [-0.4, -0.2) is 5.11 Å². The third kappa shape index (κ3) is 2.64. The fourth-order valence-electron chi connectivity index (χ4n) is 2.90. The highest BCUT2D eigenvalue weighted by Gasteiger charge is 2.09. The van der Waals surface area contributed by atoms with Crippen molar-refractivity contribution in [2.45, 2.75) is 0 Å². The summed E-state index contributed by atoms with van der Waals surface area (Å²) in [7, 11) is 0. The maximum absolute atomic E-state index is 10.7. The Morgan fingerprint density at radius 1 is 0.609 bits per heavy atom. The van der Waals surface area contributed by atoms with Crippen LogP contribution in [0.4, 0.5) is 0 Å². The van der Waals surface area contributed by atoms with Crippen molar-refractivity contribution in [3.8, 4) is 16.9 Å². The van der Waals surface area contributed by atoms with E-state index in [9.17, 15) is 5.11 Å². The Balaban J connectivity index is 1.93. The summed E-state index contributed by atoms with van der Waals surface area (Å²) in [5.41, 5.74) is 1.87. The molecule has 0 amide bonds. The lowest BCUT2D eigenvalue weighted by Crippen LogP contribution is -1.83. The topological polar surface area (TPSA) is 20.2 Å². The Bertz CT molecular complexity index is 1050. The molecule has 3 heteroatoms. The second kappa shape index (κ2) is 5.66. The number of rotatable bonds is 1. The molecule has 0 bridgehead atoms. The van der Waals surface area contributed by atoms with Gasteiger partial charge < -0.3 is 5.11 Å². The van der Waals surface area contributed by atoms with Crippen LogP contribution >= 0.6 is 31.9 Å². The quantitative estimate of drug-likeness (QED) is 0.350. The van der Waals surface area contributed by atoms with Crippen LogP contribution in [0.2, 0.25) is 0 Å². The van der Waals surface area contributed by atoms with Crippen LogP contribution in [0.3, 0.4) is 0 Å². The molecule has 0 saturated carbocycles. The zero-order chi connectivity index (χ0) is 16.0. The summed E-state index contributed by atoms with van der Waals surface area (Å²) in [4.78, 5) is 0. The summed E-state index contributed by atoms with van der Waals surface area (Å²) in [6, 6.07) is 22.4. The van der Waals surface area contributed by atoms with Gasteiger partial charge in [0.25, 0.3) is 0 Å². The smallest absolute Gasteiger partial charge is 0.131 e. The third-order valence-corrected chi connectivity index (χ3v) is 5.05. The molecule has 112 valence electrons. The molecule has 23 heavy (non-hydrogen) atoms. The van der Waals surface area contributed by atoms with Crippen LogP contribution in [0.15, 0.2) is 75.7 Å². The minimum absolute atomic E-state index is 0.325. The van der Waals surface area contributed by atoms with Crippen molar-refractivity contribution in [3.05, 3.63) is 75.7 Å². The first-order valence-corrected chi connectivity index (χ1v) is 8.81. The first kappa shape index (κ1) is 14.7. The van der Waals surface area contributed by atoms with E-state index in [0.717, 1.165) is 36.2 Å². The number of aromatic hydroxyl groups is 1. The molecular weight excluding hydrogens is 416 g/mol. The van der Waals surface area contributed by atoms with Gasteiger partial charge in [-0.05, 0) is 58.1 Å². The van der Waals surface area contributed by atoms with Crippen molar-refractivity contribution in [2.75, 3.05) is 0 Å². The van der Waals surface area contributed by atoms with Gasteiger partial charge in [-0.25, -0.2) is 0 Å². The summed E-state index contributed by atoms with van der Waals surface area (Å²) < 4.78 is 2.07. The van der Waals surface area contributed by atoms with E-state index >= 15 is 0 Å². The van der Waals surface area contributed by atoms with E-state index < -0.39 is 0 Å². The Morgan fingerprint density at radius 3 is 2.04 bits per heavy atom. The van der Waals surface area contributed by atoms with Gasteiger partial charge in [0.1, 0.15) is 5.75 Å². The van der Waals surface area contributed by atoms with Gasteiger partial charge in [0.15, 0.2) is 0 Å². The maximum atomic E-state index is 10.7. The maximum Gasteiger partial charge on any atom is 0.131 e. The average molecular weight is 428 g/mol. The highest BCUT2D eigenvalue weighted by molar-refractivity contribution is 9.10. The molecule has 0 fully saturated rings. The number of hydrogen-bond acceptors (Lipinski definition) is 1. The second-order valence-electron chi connectivity index (χ2n) is 5.53. The van der Waals surface area contributed by atoms with Crippen LogP contribution in [-0.2, 0) is 0 Å². The number of fused-ring (bicyclic) bond motifs is 2. The number of hydrogen-bond donors (Lipinski definition) is 1. The van der Waals surface area contributed by atoms with E-state index in [4.69, 9.17) is 0 Å². The fraction of sp³-hybridized carbons (Fsp3) is 0. The SMILES string of the molecule is Oc1c(-c2ccc3cc(Br)ccc3c2)ccc2cc(Br)ccc12. The fourth-order valence-corrected chi connectivity index (χ4v) is 3.66. The normalized spacial score (nSPS) is 11.2. The second-order valence-corrected chi connectivity index (χ2v) is 7.36. The van der Waals surface area contributed by atoms with Gasteiger partial charge in [-0.15, -0.1) is 0 Å². The van der Waals surface area contributed by atoms with E-state index in [1.165, 1.54) is 5.39 Å². The van der Waals surface area contributed by atoms with Crippen molar-refractivity contribution >= 4 is 53.4 Å². The molecule has 0 saturated heterocycles. The summed E-state index contributed by atoms with van der Waals surface area (Å²) in [6.07, 6.45) is 0. The molecule has 0 spiro atoms. The van der Waals surface area contributed by atoms with Crippen LogP contribution in [0.25, 0.3) is 32.7 Å². The summed E-state index contributed by atoms with van der Waals surface area (Å²) in [5.74, 6) is 0.325. The van der Waals surface area contributed by atoms with E-state index in [1.807, 2.05) is 36.4 Å². The van der Waals surface area contributed by atoms with Gasteiger partial charge in [0.2, 0.25) is 0 Å². The van der Waals surface area contributed by atoms with Gasteiger partial charge in [-0.2, -0.15) is 0 Å². The largest absolute Gasteiger partial charge is 0.507 e. The average Bonchev–Trinajstić information content (AvgIpc) is 2.54. The summed E-state index contributed by atoms with van der Waals surface area (Å²) >= 11 is 6.96. The summed E-state index contributed by atoms with van der Waals surface area (Å²) in [5, 5.41) is 14.9. The Hall–Kier alpha value is -1.84. The molecule has 0 aliphatic heterocycles. The minimum Gasteiger partial charge on any atom is -0.507 e. The van der Waals surface area contributed by atoms with E-state index in [0.29, 0.717) is 5.75 Å². The van der Waals surface area contributed by atoms with Gasteiger partial charge >= 0.3 is 0 Å². The monoisotopic (exact) mass is 426 g/mol. The Morgan fingerprint density at radius 2 is 1.22 bits per heavy atom. The van der Waals surface area contributed by atoms with Crippen LogP contribution in [0.5, 0.6) is 5.75 Å². The lowest BCUT2D eigenvalue weighted by molar-refractivity contribution is 0.483. The highest BCUT2D eigenvalue weighted by atomic mass is 79.9. The highest BCUT2D eigenvalue weighted by Crippen LogP contribution is 2.37. The van der Waals surface area contributed by atoms with Gasteiger partial charge in [-0.1, -0.05) is 62.2 Å². The lowest BCUT2D eigenvalue weighted by atomic mass is 9.97. The van der Waals surface area contributed by atoms with Gasteiger partial charge in [0, 0.05) is 19.9 Å². The van der Waals surface area contributed by atoms with Crippen molar-refractivity contribution in [3.63, 3.8) is 0 Å². The molecule has 0 aliphatic carbocycles. The van der Waals surface area contributed by atoms with E-state index in [-0.39, 0.29) is 0 Å². The molecule has 4 aromatic rings. The minimum atomic E-state index is 0.325. The number of benzene rings is 4. The molecular formula is C20H12Br2O. The molecule has 4 aromatic carbocycles. The third-order valence-electron chi connectivity index (χ3n) is 4.07. The number of halogens is 2. The molecule has 0 aromatic heterocycles. The standard InChI is InChI=1S/C20H12Br2O/c21-16-5-3-12-9-14(2-1-13(12)10-16)18-7-4-15-11-17(22)6-8-19(15)20(18)23/h1-11,23H. The Kier molecular flexibility index (Phi) is 3.63. The zero-order valence-corrected chi connectivity index (χ0v) is 15.2. The molecule has 1 N–H and O–H groups in total. The zero-order valence-electron chi connectivity index (χ0n) is 12.1. The van der Waals surface area contributed by atoms with Gasteiger partial charge in [-0.3, -0.25) is 0 Å². The predicted octanol–water partition coefficient (Wildman–Crippen LogP) is 6.89. The summed E-state index contributed by atoms with van der Waals surface area (Å²) in [6.45, 7) is 0. The van der Waals surface area contributed by atoms with Crippen molar-refractivity contribution < 1.29 is 5.11 Å². The van der Waals surface area contributed by atoms with Crippen LogP contribution < -0.4 is 0 Å². The first-order chi connectivity index (χ1) is 11.1. The first-order valence-electron chi connectivity index (χ1n) is 7.23. The van der Waals surface area contributed by atoms with Gasteiger partial charge in [0.05, 0.1) is 0 Å². The lowest BCUT2D eigenvalue weighted by Gasteiger charge is -2.10. The molecule has 1 nitrogen and oxygen atoms in total.